The topological polar surface area (TPSA) is 57.8 Å². The molecule has 4 aromatic rings. The van der Waals surface area contributed by atoms with Crippen LogP contribution < -0.4 is 5.32 Å². The lowest BCUT2D eigenvalue weighted by Gasteiger charge is -2.13. The second-order valence-corrected chi connectivity index (χ2v) is 8.26. The maximum absolute atomic E-state index is 13.2. The van der Waals surface area contributed by atoms with Gasteiger partial charge in [0.25, 0.3) is 5.91 Å². The fourth-order valence-electron chi connectivity index (χ4n) is 3.16. The van der Waals surface area contributed by atoms with Crippen molar-refractivity contribution in [2.45, 2.75) is 4.90 Å². The number of hydrogen-bond donors (Lipinski definition) is 2. The summed E-state index contributed by atoms with van der Waals surface area (Å²) in [6, 6.07) is 20.4. The molecule has 2 N–H and O–H groups in total. The molecule has 0 aliphatic heterocycles. The van der Waals surface area contributed by atoms with E-state index in [1.807, 2.05) is 60.9 Å². The van der Waals surface area contributed by atoms with E-state index in [0.717, 1.165) is 27.3 Å². The highest BCUT2D eigenvalue weighted by molar-refractivity contribution is 7.98. The van der Waals surface area contributed by atoms with Crippen LogP contribution in [0.5, 0.6) is 0 Å². The van der Waals surface area contributed by atoms with E-state index in [1.165, 1.54) is 0 Å². The van der Waals surface area contributed by atoms with Crippen molar-refractivity contribution in [2.24, 2.45) is 0 Å². The summed E-state index contributed by atoms with van der Waals surface area (Å²) in [6.07, 6.45) is 3.66. The van der Waals surface area contributed by atoms with Crippen LogP contribution in [-0.2, 0) is 0 Å². The number of nitrogens with one attached hydrogen (secondary N) is 2. The van der Waals surface area contributed by atoms with Gasteiger partial charge in [-0.2, -0.15) is 5.10 Å². The molecule has 3 aromatic carbocycles. The Labute approximate surface area is 188 Å². The van der Waals surface area contributed by atoms with Crippen LogP contribution in [0.15, 0.2) is 77.8 Å². The molecular weight excluding hydrogens is 437 g/mol. The Balaban J connectivity index is 1.70. The molecule has 150 valence electrons. The number of aromatic amines is 1. The fraction of sp³-hybridized carbons (Fsp3) is 0.0435. The predicted molar refractivity (Wildman–Crippen MR) is 126 cm³/mol. The van der Waals surface area contributed by atoms with E-state index in [9.17, 15) is 4.79 Å². The van der Waals surface area contributed by atoms with E-state index >= 15 is 0 Å². The molecule has 1 amide bonds. The summed E-state index contributed by atoms with van der Waals surface area (Å²) in [6.45, 7) is 0. The molecule has 0 unspecified atom stereocenters. The summed E-state index contributed by atoms with van der Waals surface area (Å²) in [4.78, 5) is 14.2. The molecule has 1 heterocycles. The Kier molecular flexibility index (Phi) is 6.13. The van der Waals surface area contributed by atoms with Crippen molar-refractivity contribution in [3.63, 3.8) is 0 Å². The molecule has 7 heteroatoms. The molecule has 0 saturated carbocycles. The first-order valence-corrected chi connectivity index (χ1v) is 11.1. The van der Waals surface area contributed by atoms with Crippen molar-refractivity contribution in [1.82, 2.24) is 10.2 Å². The number of anilines is 1. The number of hydrogen-bond acceptors (Lipinski definition) is 3. The summed E-state index contributed by atoms with van der Waals surface area (Å²) >= 11 is 14.1. The predicted octanol–water partition coefficient (Wildman–Crippen LogP) is 7.02. The van der Waals surface area contributed by atoms with Gasteiger partial charge in [-0.1, -0.05) is 35.3 Å². The van der Waals surface area contributed by atoms with Gasteiger partial charge >= 0.3 is 0 Å². The van der Waals surface area contributed by atoms with E-state index in [1.54, 1.807) is 30.1 Å². The van der Waals surface area contributed by atoms with Crippen molar-refractivity contribution in [2.75, 3.05) is 11.6 Å². The minimum absolute atomic E-state index is 0.212. The van der Waals surface area contributed by atoms with Gasteiger partial charge in [0.2, 0.25) is 0 Å². The zero-order valence-corrected chi connectivity index (χ0v) is 18.3. The van der Waals surface area contributed by atoms with Gasteiger partial charge < -0.3 is 5.32 Å². The third-order valence-electron chi connectivity index (χ3n) is 4.62. The fourth-order valence-corrected chi connectivity index (χ4v) is 4.01. The number of nitrogens with zero attached hydrogens (tertiary/aromatic N) is 1. The van der Waals surface area contributed by atoms with Crippen LogP contribution in [0, 0.1) is 0 Å². The van der Waals surface area contributed by atoms with Crippen LogP contribution in [-0.4, -0.2) is 22.4 Å². The first-order valence-electron chi connectivity index (χ1n) is 9.10. The number of aromatic nitrogens is 2. The van der Waals surface area contributed by atoms with Gasteiger partial charge in [-0.15, -0.1) is 11.8 Å². The second-order valence-electron chi connectivity index (χ2n) is 6.54. The highest BCUT2D eigenvalue weighted by Crippen LogP contribution is 2.32. The quantitative estimate of drug-likeness (QED) is 0.319. The van der Waals surface area contributed by atoms with Gasteiger partial charge in [-0.05, 0) is 72.0 Å². The van der Waals surface area contributed by atoms with Crippen molar-refractivity contribution < 1.29 is 4.79 Å². The van der Waals surface area contributed by atoms with Gasteiger partial charge in [-0.3, -0.25) is 9.89 Å². The lowest BCUT2D eigenvalue weighted by molar-refractivity contribution is 0.102. The minimum Gasteiger partial charge on any atom is -0.322 e. The van der Waals surface area contributed by atoms with Gasteiger partial charge in [0, 0.05) is 32.9 Å². The van der Waals surface area contributed by atoms with Crippen LogP contribution >= 0.6 is 35.0 Å². The SMILES string of the molecule is CSc1ccc(C(=O)Nc2ccc(Cl)c(-c3ccn[nH]3)c2)c(-c2cccc(Cl)c2)c1. The molecule has 0 radical (unpaired) electrons. The van der Waals surface area contributed by atoms with Crippen molar-refractivity contribution in [3.8, 4) is 22.4 Å². The molecule has 0 saturated heterocycles. The monoisotopic (exact) mass is 453 g/mol. The zero-order valence-electron chi connectivity index (χ0n) is 15.9. The first kappa shape index (κ1) is 20.5. The Bertz CT molecular complexity index is 1210. The smallest absolute Gasteiger partial charge is 0.256 e. The maximum atomic E-state index is 13.2. The number of amides is 1. The number of H-pyrrole nitrogens is 1. The van der Waals surface area contributed by atoms with Crippen LogP contribution in [0.25, 0.3) is 22.4 Å². The van der Waals surface area contributed by atoms with Crippen LogP contribution in [0.2, 0.25) is 10.0 Å². The molecule has 0 fully saturated rings. The summed E-state index contributed by atoms with van der Waals surface area (Å²) < 4.78 is 0. The van der Waals surface area contributed by atoms with Crippen LogP contribution in [0.4, 0.5) is 5.69 Å². The zero-order chi connectivity index (χ0) is 21.1. The molecule has 0 bridgehead atoms. The summed E-state index contributed by atoms with van der Waals surface area (Å²) in [7, 11) is 0. The van der Waals surface area contributed by atoms with Gasteiger partial charge in [0.05, 0.1) is 10.7 Å². The molecule has 0 aliphatic rings. The number of thioether (sulfide) groups is 1. The highest BCUT2D eigenvalue weighted by Gasteiger charge is 2.15. The summed E-state index contributed by atoms with van der Waals surface area (Å²) in [5.74, 6) is -0.212. The molecule has 1 aromatic heterocycles. The Morgan fingerprint density at radius 1 is 1.00 bits per heavy atom. The van der Waals surface area contributed by atoms with Gasteiger partial charge in [0.1, 0.15) is 0 Å². The lowest BCUT2D eigenvalue weighted by Crippen LogP contribution is -2.13. The standard InChI is InChI=1S/C23H17Cl2N3OS/c1-30-17-6-7-18(19(13-17)14-3-2-4-15(24)11-14)23(29)27-16-5-8-21(25)20(12-16)22-9-10-26-28-22/h2-13H,1H3,(H,26,28)(H,27,29). The molecule has 0 atom stereocenters. The van der Waals surface area contributed by atoms with E-state index in [4.69, 9.17) is 23.2 Å². The van der Waals surface area contributed by atoms with Crippen LogP contribution in [0.1, 0.15) is 10.4 Å². The van der Waals surface area contributed by atoms with Gasteiger partial charge in [0.15, 0.2) is 0 Å². The molecular formula is C23H17Cl2N3OS. The average molecular weight is 454 g/mol. The summed E-state index contributed by atoms with van der Waals surface area (Å²) in [5, 5.41) is 11.0. The summed E-state index contributed by atoms with van der Waals surface area (Å²) in [5.41, 5.74) is 4.45. The lowest BCUT2D eigenvalue weighted by atomic mass is 9.99. The van der Waals surface area contributed by atoms with Gasteiger partial charge in [-0.25, -0.2) is 0 Å². The number of carbonyl (C=O) groups excluding carboxylic acids is 1. The van der Waals surface area contributed by atoms with Crippen molar-refractivity contribution in [3.05, 3.63) is 88.5 Å². The van der Waals surface area contributed by atoms with E-state index in [2.05, 4.69) is 15.5 Å². The Morgan fingerprint density at radius 3 is 2.60 bits per heavy atom. The molecule has 0 aliphatic carbocycles. The van der Waals surface area contributed by atoms with Crippen molar-refractivity contribution in [1.29, 1.82) is 0 Å². The number of rotatable bonds is 5. The first-order chi connectivity index (χ1) is 14.5. The van der Waals surface area contributed by atoms with E-state index in [-0.39, 0.29) is 5.91 Å². The Hall–Kier alpha value is -2.73. The molecule has 4 nitrogen and oxygen atoms in total. The second kappa shape index (κ2) is 8.96. The third kappa shape index (κ3) is 4.38. The molecule has 4 rings (SSSR count). The Morgan fingerprint density at radius 2 is 1.87 bits per heavy atom. The van der Waals surface area contributed by atoms with E-state index in [0.29, 0.717) is 21.3 Å². The largest absolute Gasteiger partial charge is 0.322 e. The van der Waals surface area contributed by atoms with Crippen molar-refractivity contribution >= 4 is 46.6 Å². The maximum Gasteiger partial charge on any atom is 0.256 e. The number of carbonyl (C=O) groups is 1. The third-order valence-corrected chi connectivity index (χ3v) is 5.91. The minimum atomic E-state index is -0.212. The van der Waals surface area contributed by atoms with E-state index < -0.39 is 0 Å². The highest BCUT2D eigenvalue weighted by atomic mass is 35.5. The normalized spacial score (nSPS) is 10.8. The number of benzene rings is 3. The average Bonchev–Trinajstić information content (AvgIpc) is 3.29. The number of halogens is 2. The van der Waals surface area contributed by atoms with Crippen LogP contribution in [0.3, 0.4) is 0 Å². The molecule has 0 spiro atoms. The molecule has 30 heavy (non-hydrogen) atoms.